The topological polar surface area (TPSA) is 109 Å². The zero-order chi connectivity index (χ0) is 19.4. The number of anilines is 1. The summed E-state index contributed by atoms with van der Waals surface area (Å²) in [7, 11) is 1.55. The van der Waals surface area contributed by atoms with Crippen molar-refractivity contribution in [1.82, 2.24) is 16.0 Å². The van der Waals surface area contributed by atoms with Gasteiger partial charge in [0.2, 0.25) is 11.8 Å². The molecule has 0 aliphatic carbocycles. The number of nitrogens with one attached hydrogen (secondary N) is 4. The van der Waals surface area contributed by atoms with Crippen LogP contribution in [0.25, 0.3) is 0 Å². The van der Waals surface area contributed by atoms with Gasteiger partial charge in [-0.15, -0.1) is 11.8 Å². The second-order valence-electron chi connectivity index (χ2n) is 6.77. The summed E-state index contributed by atoms with van der Waals surface area (Å²) in [6.07, 6.45) is 0.368. The first-order chi connectivity index (χ1) is 13.0. The Morgan fingerprint density at radius 1 is 1.41 bits per heavy atom. The van der Waals surface area contributed by atoms with Gasteiger partial charge in [0.1, 0.15) is 5.25 Å². The number of hydrogen-bond donors (Lipinski definition) is 4. The lowest BCUT2D eigenvalue weighted by atomic mass is 10.1. The fraction of sp³-hybridized carbons (Fsp3) is 0.500. The summed E-state index contributed by atoms with van der Waals surface area (Å²) in [5, 5.41) is 10.7. The van der Waals surface area contributed by atoms with Crippen molar-refractivity contribution in [3.8, 4) is 0 Å². The molecule has 4 amide bonds. The molecular weight excluding hydrogens is 368 g/mol. The molecule has 146 valence electrons. The molecule has 1 fully saturated rings. The van der Waals surface area contributed by atoms with Crippen LogP contribution < -0.4 is 21.3 Å². The van der Waals surface area contributed by atoms with Crippen molar-refractivity contribution in [2.75, 3.05) is 25.6 Å². The summed E-state index contributed by atoms with van der Waals surface area (Å²) in [5.74, 6) is 0.0408. The SMILES string of the molecule is COC[C@H](SC1NC(=O)NCC1C)C(=O)NCc1ccc2c(c1)CC(=O)N2. The molecular formula is C18H24N4O4S. The monoisotopic (exact) mass is 392 g/mol. The molecule has 2 aliphatic rings. The molecule has 4 N–H and O–H groups in total. The number of amides is 4. The van der Waals surface area contributed by atoms with Gasteiger partial charge in [-0.1, -0.05) is 19.1 Å². The average Bonchev–Trinajstić information content (AvgIpc) is 3.01. The Labute approximate surface area is 162 Å². The second kappa shape index (κ2) is 8.62. The molecule has 0 spiro atoms. The molecule has 2 unspecified atom stereocenters. The number of urea groups is 1. The van der Waals surface area contributed by atoms with E-state index in [9.17, 15) is 14.4 Å². The molecule has 1 aromatic rings. The molecule has 0 aromatic heterocycles. The van der Waals surface area contributed by atoms with Crippen LogP contribution in [0.1, 0.15) is 18.1 Å². The van der Waals surface area contributed by atoms with E-state index in [-0.39, 0.29) is 35.7 Å². The number of carbonyl (C=O) groups excluding carboxylic acids is 3. The molecule has 3 rings (SSSR count). The van der Waals surface area contributed by atoms with Gasteiger partial charge >= 0.3 is 6.03 Å². The molecule has 1 aromatic carbocycles. The van der Waals surface area contributed by atoms with Crippen LogP contribution >= 0.6 is 11.8 Å². The number of fused-ring (bicyclic) bond motifs is 1. The van der Waals surface area contributed by atoms with Crippen molar-refractivity contribution in [2.45, 2.75) is 30.5 Å². The fourth-order valence-corrected chi connectivity index (χ4v) is 4.37. The van der Waals surface area contributed by atoms with Crippen LogP contribution in [0.2, 0.25) is 0 Å². The van der Waals surface area contributed by atoms with Gasteiger partial charge in [0.05, 0.1) is 18.4 Å². The zero-order valence-corrected chi connectivity index (χ0v) is 16.2. The minimum absolute atomic E-state index is 0.0131. The Hall–Kier alpha value is -2.26. The minimum atomic E-state index is -0.432. The highest BCUT2D eigenvalue weighted by molar-refractivity contribution is 8.01. The number of ether oxygens (including phenoxy) is 1. The number of carbonyl (C=O) groups is 3. The Bertz CT molecular complexity index is 742. The van der Waals surface area contributed by atoms with Crippen LogP contribution in [-0.4, -0.2) is 48.7 Å². The smallest absolute Gasteiger partial charge is 0.315 e. The summed E-state index contributed by atoms with van der Waals surface area (Å²) in [6, 6.07) is 5.46. The molecule has 0 bridgehead atoms. The van der Waals surface area contributed by atoms with Crippen molar-refractivity contribution >= 4 is 35.3 Å². The lowest BCUT2D eigenvalue weighted by molar-refractivity contribution is -0.121. The van der Waals surface area contributed by atoms with Gasteiger partial charge in [0.25, 0.3) is 0 Å². The zero-order valence-electron chi connectivity index (χ0n) is 15.3. The largest absolute Gasteiger partial charge is 0.383 e. The minimum Gasteiger partial charge on any atom is -0.383 e. The average molecular weight is 392 g/mol. The Kier molecular flexibility index (Phi) is 6.22. The molecule has 2 aliphatic heterocycles. The normalized spacial score (nSPS) is 22.3. The van der Waals surface area contributed by atoms with Crippen molar-refractivity contribution < 1.29 is 19.1 Å². The third kappa shape index (κ3) is 4.92. The van der Waals surface area contributed by atoms with Crippen LogP contribution in [0.15, 0.2) is 18.2 Å². The molecule has 9 heteroatoms. The number of rotatable bonds is 7. The molecule has 3 atom stereocenters. The Morgan fingerprint density at radius 3 is 3.00 bits per heavy atom. The predicted molar refractivity (Wildman–Crippen MR) is 103 cm³/mol. The highest BCUT2D eigenvalue weighted by Gasteiger charge is 2.31. The number of hydrogen-bond acceptors (Lipinski definition) is 5. The quantitative estimate of drug-likeness (QED) is 0.549. The van der Waals surface area contributed by atoms with Crippen molar-refractivity contribution in [3.63, 3.8) is 0 Å². The first-order valence-electron chi connectivity index (χ1n) is 8.84. The van der Waals surface area contributed by atoms with E-state index >= 15 is 0 Å². The van der Waals surface area contributed by atoms with Gasteiger partial charge in [-0.3, -0.25) is 9.59 Å². The third-order valence-electron chi connectivity index (χ3n) is 4.56. The van der Waals surface area contributed by atoms with E-state index in [1.165, 1.54) is 11.8 Å². The summed E-state index contributed by atoms with van der Waals surface area (Å²) in [6.45, 7) is 3.22. The number of methoxy groups -OCH3 is 1. The molecule has 0 saturated carbocycles. The Morgan fingerprint density at radius 2 is 2.22 bits per heavy atom. The van der Waals surface area contributed by atoms with E-state index in [4.69, 9.17) is 4.74 Å². The molecule has 0 radical (unpaired) electrons. The van der Waals surface area contributed by atoms with Crippen LogP contribution in [0.5, 0.6) is 0 Å². The van der Waals surface area contributed by atoms with E-state index in [2.05, 4.69) is 21.3 Å². The van der Waals surface area contributed by atoms with Crippen LogP contribution in [-0.2, 0) is 27.3 Å². The third-order valence-corrected chi connectivity index (χ3v) is 6.11. The maximum Gasteiger partial charge on any atom is 0.315 e. The molecule has 27 heavy (non-hydrogen) atoms. The maximum absolute atomic E-state index is 12.6. The van der Waals surface area contributed by atoms with Crippen LogP contribution in [0, 0.1) is 5.92 Å². The predicted octanol–water partition coefficient (Wildman–Crippen LogP) is 0.821. The number of benzene rings is 1. The number of thioether (sulfide) groups is 1. The van der Waals surface area contributed by atoms with Gasteiger partial charge in [-0.2, -0.15) is 0 Å². The summed E-state index contributed by atoms with van der Waals surface area (Å²) < 4.78 is 5.20. The molecule has 8 nitrogen and oxygen atoms in total. The molecule has 1 saturated heterocycles. The highest BCUT2D eigenvalue weighted by atomic mass is 32.2. The van der Waals surface area contributed by atoms with Crippen molar-refractivity contribution in [3.05, 3.63) is 29.3 Å². The highest BCUT2D eigenvalue weighted by Crippen LogP contribution is 2.26. The van der Waals surface area contributed by atoms with Gasteiger partial charge < -0.3 is 26.0 Å². The van der Waals surface area contributed by atoms with Crippen LogP contribution in [0.3, 0.4) is 0 Å². The first-order valence-corrected chi connectivity index (χ1v) is 9.78. The first kappa shape index (κ1) is 19.5. The van der Waals surface area contributed by atoms with Crippen molar-refractivity contribution in [1.29, 1.82) is 0 Å². The van der Waals surface area contributed by atoms with Gasteiger partial charge in [0.15, 0.2) is 0 Å². The van der Waals surface area contributed by atoms with E-state index in [1.807, 2.05) is 25.1 Å². The summed E-state index contributed by atoms with van der Waals surface area (Å²) in [5.41, 5.74) is 2.71. The van der Waals surface area contributed by atoms with Gasteiger partial charge in [-0.05, 0) is 17.2 Å². The Balaban J connectivity index is 1.58. The lowest BCUT2D eigenvalue weighted by Gasteiger charge is -2.32. The van der Waals surface area contributed by atoms with E-state index in [0.29, 0.717) is 19.5 Å². The van der Waals surface area contributed by atoms with Crippen molar-refractivity contribution in [2.24, 2.45) is 5.92 Å². The van der Waals surface area contributed by atoms with E-state index < -0.39 is 5.25 Å². The van der Waals surface area contributed by atoms with Gasteiger partial charge in [0, 0.05) is 31.8 Å². The maximum atomic E-state index is 12.6. The second-order valence-corrected chi connectivity index (χ2v) is 8.12. The standard InChI is InChI=1S/C18H24N4O4S/c1-10-7-20-18(25)22-17(10)27-14(9-26-2)16(24)19-8-11-3-4-13-12(5-11)6-15(23)21-13/h3-5,10,14,17H,6-9H2,1-2H3,(H,19,24)(H,21,23)(H2,20,22,25)/t10?,14-,17?/m0/s1. The van der Waals surface area contributed by atoms with Gasteiger partial charge in [-0.25, -0.2) is 4.79 Å². The van der Waals surface area contributed by atoms with E-state index in [0.717, 1.165) is 16.8 Å². The fourth-order valence-electron chi connectivity index (χ4n) is 3.05. The summed E-state index contributed by atoms with van der Waals surface area (Å²) in [4.78, 5) is 35.7. The summed E-state index contributed by atoms with van der Waals surface area (Å²) >= 11 is 1.40. The van der Waals surface area contributed by atoms with Crippen LogP contribution in [0.4, 0.5) is 10.5 Å². The molecule has 2 heterocycles. The van der Waals surface area contributed by atoms with E-state index in [1.54, 1.807) is 7.11 Å². The lowest BCUT2D eigenvalue weighted by Crippen LogP contribution is -2.54.